The van der Waals surface area contributed by atoms with Crippen LogP contribution in [-0.2, 0) is 0 Å². The number of carbonyl (C=O) groups excluding carboxylic acids is 1. The topological polar surface area (TPSA) is 84.1 Å². The van der Waals surface area contributed by atoms with Crippen molar-refractivity contribution in [2.75, 3.05) is 26.0 Å². The van der Waals surface area contributed by atoms with E-state index in [1.165, 1.54) is 17.5 Å². The van der Waals surface area contributed by atoms with Crippen LogP contribution in [0.3, 0.4) is 0 Å². The molecule has 0 aliphatic carbocycles. The third-order valence-corrected chi connectivity index (χ3v) is 4.23. The number of nitrogens with zero attached hydrogens (tertiary/aromatic N) is 3. The summed E-state index contributed by atoms with van der Waals surface area (Å²) in [5.41, 5.74) is 8.82. The van der Waals surface area contributed by atoms with Crippen molar-refractivity contribution >= 4 is 22.6 Å². The van der Waals surface area contributed by atoms with Crippen molar-refractivity contribution in [3.05, 3.63) is 65.5 Å². The molecule has 134 valence electrons. The largest absolute Gasteiger partial charge is 0.366 e. The van der Waals surface area contributed by atoms with E-state index < -0.39 is 5.91 Å². The Hall–Kier alpha value is -2.99. The van der Waals surface area contributed by atoms with Gasteiger partial charge in [-0.3, -0.25) is 4.79 Å². The van der Waals surface area contributed by atoms with E-state index in [4.69, 9.17) is 5.73 Å². The van der Waals surface area contributed by atoms with Crippen molar-refractivity contribution in [1.29, 1.82) is 0 Å². The standard InChI is InChI=1S/C20H23N5O/c1-13-6-4-7-14(10-13)17(11-25(2)3)24-20-16-9-5-8-15(19(21)26)18(16)22-12-23-20/h4-10,12,17H,11H2,1-3H3,(H2,21,26)(H,22,23,24). The summed E-state index contributed by atoms with van der Waals surface area (Å²) in [7, 11) is 4.07. The second kappa shape index (κ2) is 7.49. The number of carbonyl (C=O) groups is 1. The minimum Gasteiger partial charge on any atom is -0.366 e. The first-order valence-electron chi connectivity index (χ1n) is 8.47. The smallest absolute Gasteiger partial charge is 0.250 e. The van der Waals surface area contributed by atoms with Gasteiger partial charge in [-0.05, 0) is 38.7 Å². The molecule has 0 aliphatic rings. The van der Waals surface area contributed by atoms with Gasteiger partial charge in [0.2, 0.25) is 0 Å². The average Bonchev–Trinajstić information content (AvgIpc) is 2.60. The second-order valence-corrected chi connectivity index (χ2v) is 6.66. The van der Waals surface area contributed by atoms with E-state index in [1.807, 2.05) is 20.2 Å². The molecule has 0 aliphatic heterocycles. The maximum Gasteiger partial charge on any atom is 0.250 e. The van der Waals surface area contributed by atoms with Crippen LogP contribution >= 0.6 is 0 Å². The predicted molar refractivity (Wildman–Crippen MR) is 104 cm³/mol. The van der Waals surface area contributed by atoms with Crippen molar-refractivity contribution in [3.63, 3.8) is 0 Å². The van der Waals surface area contributed by atoms with Gasteiger partial charge in [0.15, 0.2) is 0 Å². The number of aromatic nitrogens is 2. The Balaban J connectivity index is 2.04. The van der Waals surface area contributed by atoms with E-state index in [2.05, 4.69) is 51.4 Å². The van der Waals surface area contributed by atoms with Crippen molar-refractivity contribution < 1.29 is 4.79 Å². The molecule has 0 bridgehead atoms. The van der Waals surface area contributed by atoms with E-state index in [0.29, 0.717) is 16.9 Å². The molecule has 0 saturated heterocycles. The lowest BCUT2D eigenvalue weighted by atomic mass is 10.0. The van der Waals surface area contributed by atoms with Crippen LogP contribution in [0.2, 0.25) is 0 Å². The number of rotatable bonds is 6. The normalized spacial score (nSPS) is 12.3. The Morgan fingerprint density at radius 3 is 2.65 bits per heavy atom. The van der Waals surface area contributed by atoms with Crippen LogP contribution in [0.5, 0.6) is 0 Å². The third-order valence-electron chi connectivity index (χ3n) is 4.23. The quantitative estimate of drug-likeness (QED) is 0.715. The lowest BCUT2D eigenvalue weighted by molar-refractivity contribution is 0.100. The van der Waals surface area contributed by atoms with Crippen LogP contribution in [0.4, 0.5) is 5.82 Å². The highest BCUT2D eigenvalue weighted by atomic mass is 16.1. The lowest BCUT2D eigenvalue weighted by Crippen LogP contribution is -2.26. The summed E-state index contributed by atoms with van der Waals surface area (Å²) in [4.78, 5) is 22.5. The number of hydrogen-bond acceptors (Lipinski definition) is 5. The number of benzene rings is 2. The van der Waals surface area contributed by atoms with Crippen molar-refractivity contribution in [2.24, 2.45) is 5.73 Å². The van der Waals surface area contributed by atoms with Crippen LogP contribution in [0.15, 0.2) is 48.8 Å². The number of nitrogens with one attached hydrogen (secondary N) is 1. The van der Waals surface area contributed by atoms with E-state index >= 15 is 0 Å². The fraction of sp³-hybridized carbons (Fsp3) is 0.250. The first kappa shape index (κ1) is 17.8. The van der Waals surface area contributed by atoms with Crippen LogP contribution in [0, 0.1) is 6.92 Å². The maximum atomic E-state index is 11.7. The van der Waals surface area contributed by atoms with E-state index in [1.54, 1.807) is 12.1 Å². The molecule has 1 heterocycles. The van der Waals surface area contributed by atoms with Gasteiger partial charge >= 0.3 is 0 Å². The maximum absolute atomic E-state index is 11.7. The van der Waals surface area contributed by atoms with Gasteiger partial charge in [-0.15, -0.1) is 0 Å². The Labute approximate surface area is 153 Å². The molecule has 0 radical (unpaired) electrons. The highest BCUT2D eigenvalue weighted by molar-refractivity contribution is 6.06. The van der Waals surface area contributed by atoms with Gasteiger partial charge in [0.1, 0.15) is 12.1 Å². The first-order valence-corrected chi connectivity index (χ1v) is 8.47. The zero-order chi connectivity index (χ0) is 18.7. The molecule has 0 spiro atoms. The van der Waals surface area contributed by atoms with Crippen molar-refractivity contribution in [2.45, 2.75) is 13.0 Å². The van der Waals surface area contributed by atoms with Gasteiger partial charge in [0.05, 0.1) is 17.1 Å². The molecule has 0 fully saturated rings. The van der Waals surface area contributed by atoms with Crippen molar-refractivity contribution in [1.82, 2.24) is 14.9 Å². The van der Waals surface area contributed by atoms with Gasteiger partial charge in [-0.25, -0.2) is 9.97 Å². The molecule has 3 rings (SSSR count). The summed E-state index contributed by atoms with van der Waals surface area (Å²) in [6.45, 7) is 2.87. The van der Waals surface area contributed by atoms with Gasteiger partial charge in [0, 0.05) is 11.9 Å². The Morgan fingerprint density at radius 1 is 1.19 bits per heavy atom. The number of primary amides is 1. The summed E-state index contributed by atoms with van der Waals surface area (Å²) in [5, 5.41) is 4.30. The molecule has 6 nitrogen and oxygen atoms in total. The predicted octanol–water partition coefficient (Wildman–Crippen LogP) is 2.75. The zero-order valence-corrected chi connectivity index (χ0v) is 15.2. The van der Waals surface area contributed by atoms with E-state index in [-0.39, 0.29) is 6.04 Å². The Bertz CT molecular complexity index is 938. The number of likely N-dealkylation sites (N-methyl/N-ethyl adjacent to an activating group) is 1. The van der Waals surface area contributed by atoms with Gasteiger partial charge in [-0.2, -0.15) is 0 Å². The summed E-state index contributed by atoms with van der Waals surface area (Å²) in [6, 6.07) is 13.8. The molecular formula is C20H23N5O. The van der Waals surface area contributed by atoms with E-state index in [9.17, 15) is 4.79 Å². The van der Waals surface area contributed by atoms with Gasteiger partial charge < -0.3 is 16.0 Å². The second-order valence-electron chi connectivity index (χ2n) is 6.66. The van der Waals surface area contributed by atoms with E-state index in [0.717, 1.165) is 11.9 Å². The highest BCUT2D eigenvalue weighted by Crippen LogP contribution is 2.26. The molecule has 1 amide bonds. The minimum atomic E-state index is -0.497. The molecule has 26 heavy (non-hydrogen) atoms. The van der Waals surface area contributed by atoms with Crippen LogP contribution in [0.25, 0.3) is 10.9 Å². The Kier molecular flexibility index (Phi) is 5.14. The highest BCUT2D eigenvalue weighted by Gasteiger charge is 2.17. The molecule has 3 aromatic rings. The van der Waals surface area contributed by atoms with Gasteiger partial charge in [-0.1, -0.05) is 35.9 Å². The summed E-state index contributed by atoms with van der Waals surface area (Å²) < 4.78 is 0. The molecule has 6 heteroatoms. The minimum absolute atomic E-state index is 0.0419. The first-order chi connectivity index (χ1) is 12.5. The summed E-state index contributed by atoms with van der Waals surface area (Å²) in [6.07, 6.45) is 1.46. The lowest BCUT2D eigenvalue weighted by Gasteiger charge is -2.24. The van der Waals surface area contributed by atoms with Crippen LogP contribution in [-0.4, -0.2) is 41.4 Å². The number of anilines is 1. The van der Waals surface area contributed by atoms with Gasteiger partial charge in [0.25, 0.3) is 5.91 Å². The zero-order valence-electron chi connectivity index (χ0n) is 15.2. The number of nitrogens with two attached hydrogens (primary N) is 1. The monoisotopic (exact) mass is 349 g/mol. The number of para-hydroxylation sites is 1. The molecule has 1 unspecified atom stereocenters. The molecule has 1 atom stereocenters. The van der Waals surface area contributed by atoms with Crippen LogP contribution < -0.4 is 11.1 Å². The molecule has 3 N–H and O–H groups in total. The molecule has 2 aromatic carbocycles. The fourth-order valence-corrected chi connectivity index (χ4v) is 3.05. The summed E-state index contributed by atoms with van der Waals surface area (Å²) >= 11 is 0. The number of aryl methyl sites for hydroxylation is 1. The number of fused-ring (bicyclic) bond motifs is 1. The molecular weight excluding hydrogens is 326 g/mol. The summed E-state index contributed by atoms with van der Waals surface area (Å²) in [5.74, 6) is 0.190. The number of hydrogen-bond donors (Lipinski definition) is 2. The Morgan fingerprint density at radius 2 is 1.96 bits per heavy atom. The molecule has 1 aromatic heterocycles. The van der Waals surface area contributed by atoms with Crippen molar-refractivity contribution in [3.8, 4) is 0 Å². The van der Waals surface area contributed by atoms with Crippen LogP contribution in [0.1, 0.15) is 27.5 Å². The molecule has 0 saturated carbocycles. The number of amides is 1. The third kappa shape index (κ3) is 3.81. The average molecular weight is 349 g/mol. The SMILES string of the molecule is Cc1cccc(C(CN(C)C)Nc2ncnc3c(C(N)=O)cccc23)c1. The fourth-order valence-electron chi connectivity index (χ4n) is 3.05.